The van der Waals surface area contributed by atoms with Crippen LogP contribution in [0.15, 0.2) is 0 Å². The first kappa shape index (κ1) is 7.03. The van der Waals surface area contributed by atoms with Crippen LogP contribution in [0.2, 0.25) is 0 Å². The SMILES string of the molecule is CCC[C@H](O)[C@@]1(C)CN1. The van der Waals surface area contributed by atoms with Gasteiger partial charge in [-0.1, -0.05) is 13.3 Å². The second kappa shape index (κ2) is 2.27. The highest BCUT2D eigenvalue weighted by molar-refractivity contribution is 5.04. The summed E-state index contributed by atoms with van der Waals surface area (Å²) in [5.41, 5.74) is 0.0655. The lowest BCUT2D eigenvalue weighted by Gasteiger charge is -2.14. The molecule has 0 spiro atoms. The Hall–Kier alpha value is -0.0800. The summed E-state index contributed by atoms with van der Waals surface area (Å²) in [5.74, 6) is 0. The van der Waals surface area contributed by atoms with Crippen molar-refractivity contribution >= 4 is 0 Å². The van der Waals surface area contributed by atoms with Gasteiger partial charge >= 0.3 is 0 Å². The van der Waals surface area contributed by atoms with Gasteiger partial charge in [-0.25, -0.2) is 0 Å². The maximum absolute atomic E-state index is 9.39. The molecule has 1 aliphatic rings. The van der Waals surface area contributed by atoms with Gasteiger partial charge in [0.2, 0.25) is 0 Å². The number of aliphatic hydroxyl groups excluding tert-OH is 1. The zero-order valence-corrected chi connectivity index (χ0v) is 6.15. The van der Waals surface area contributed by atoms with E-state index in [1.165, 1.54) is 0 Å². The fraction of sp³-hybridized carbons (Fsp3) is 1.00. The van der Waals surface area contributed by atoms with Gasteiger partial charge in [0.05, 0.1) is 11.6 Å². The Morgan fingerprint density at radius 2 is 2.33 bits per heavy atom. The molecule has 9 heavy (non-hydrogen) atoms. The molecule has 2 N–H and O–H groups in total. The van der Waals surface area contributed by atoms with Crippen LogP contribution in [0, 0.1) is 0 Å². The highest BCUT2D eigenvalue weighted by Gasteiger charge is 2.42. The maximum Gasteiger partial charge on any atom is 0.0731 e. The standard InChI is InChI=1S/C7H15NO/c1-3-4-6(9)7(2)5-8-7/h6,8-9H,3-5H2,1-2H3/t6-,7+/m0/s1. The normalized spacial score (nSPS) is 36.3. The van der Waals surface area contributed by atoms with Gasteiger partial charge < -0.3 is 10.4 Å². The van der Waals surface area contributed by atoms with Gasteiger partial charge in [0.25, 0.3) is 0 Å². The molecule has 2 heteroatoms. The van der Waals surface area contributed by atoms with E-state index in [1.807, 2.05) is 0 Å². The van der Waals surface area contributed by atoms with E-state index in [0.717, 1.165) is 19.4 Å². The van der Waals surface area contributed by atoms with Crippen molar-refractivity contribution in [3.63, 3.8) is 0 Å². The van der Waals surface area contributed by atoms with Crippen molar-refractivity contribution in [2.24, 2.45) is 0 Å². The second-order valence-corrected chi connectivity index (χ2v) is 3.08. The molecule has 1 fully saturated rings. The summed E-state index contributed by atoms with van der Waals surface area (Å²) in [7, 11) is 0. The Morgan fingerprint density at radius 1 is 1.78 bits per heavy atom. The third kappa shape index (κ3) is 1.43. The Kier molecular flexibility index (Phi) is 1.78. The molecule has 0 aromatic carbocycles. The minimum atomic E-state index is -0.137. The summed E-state index contributed by atoms with van der Waals surface area (Å²) in [5, 5.41) is 12.5. The van der Waals surface area contributed by atoms with E-state index in [4.69, 9.17) is 0 Å². The summed E-state index contributed by atoms with van der Waals surface area (Å²) in [6.45, 7) is 5.14. The smallest absolute Gasteiger partial charge is 0.0731 e. The van der Waals surface area contributed by atoms with Crippen molar-refractivity contribution < 1.29 is 5.11 Å². The van der Waals surface area contributed by atoms with Gasteiger partial charge in [-0.05, 0) is 13.3 Å². The Balaban J connectivity index is 2.24. The highest BCUT2D eigenvalue weighted by Crippen LogP contribution is 2.23. The lowest BCUT2D eigenvalue weighted by molar-refractivity contribution is 0.127. The van der Waals surface area contributed by atoms with Gasteiger partial charge in [0, 0.05) is 6.54 Å². The van der Waals surface area contributed by atoms with Crippen LogP contribution in [-0.4, -0.2) is 23.3 Å². The minimum Gasteiger partial charge on any atom is -0.391 e. The first-order chi connectivity index (χ1) is 4.19. The molecule has 0 aliphatic carbocycles. The Bertz CT molecular complexity index is 99.1. The van der Waals surface area contributed by atoms with Crippen LogP contribution in [-0.2, 0) is 0 Å². The van der Waals surface area contributed by atoms with Crippen molar-refractivity contribution in [2.45, 2.75) is 38.3 Å². The average Bonchev–Trinajstić information content (AvgIpc) is 2.50. The lowest BCUT2D eigenvalue weighted by atomic mass is 10.0. The van der Waals surface area contributed by atoms with E-state index in [1.54, 1.807) is 0 Å². The largest absolute Gasteiger partial charge is 0.391 e. The Morgan fingerprint density at radius 3 is 2.67 bits per heavy atom. The first-order valence-electron chi connectivity index (χ1n) is 3.62. The molecule has 0 bridgehead atoms. The summed E-state index contributed by atoms with van der Waals surface area (Å²) in [6.07, 6.45) is 1.85. The van der Waals surface area contributed by atoms with E-state index in [0.29, 0.717) is 0 Å². The number of nitrogens with one attached hydrogen (secondary N) is 1. The third-order valence-electron chi connectivity index (χ3n) is 2.03. The first-order valence-corrected chi connectivity index (χ1v) is 3.62. The molecule has 1 saturated heterocycles. The van der Waals surface area contributed by atoms with Crippen molar-refractivity contribution in [3.8, 4) is 0 Å². The monoisotopic (exact) mass is 129 g/mol. The minimum absolute atomic E-state index is 0.0655. The molecule has 1 rings (SSSR count). The van der Waals surface area contributed by atoms with Crippen LogP contribution >= 0.6 is 0 Å². The van der Waals surface area contributed by atoms with Gasteiger partial charge in [-0.3, -0.25) is 0 Å². The fourth-order valence-corrected chi connectivity index (χ4v) is 0.967. The fourth-order valence-electron chi connectivity index (χ4n) is 0.967. The van der Waals surface area contributed by atoms with Crippen LogP contribution < -0.4 is 5.32 Å². The number of hydrogen-bond donors (Lipinski definition) is 2. The van der Waals surface area contributed by atoms with Crippen LogP contribution in [0.4, 0.5) is 0 Å². The maximum atomic E-state index is 9.39. The van der Waals surface area contributed by atoms with Crippen molar-refractivity contribution in [2.75, 3.05) is 6.54 Å². The van der Waals surface area contributed by atoms with E-state index < -0.39 is 0 Å². The molecule has 0 aromatic heterocycles. The van der Waals surface area contributed by atoms with E-state index in [-0.39, 0.29) is 11.6 Å². The molecule has 1 aliphatic heterocycles. The van der Waals surface area contributed by atoms with Crippen molar-refractivity contribution in [1.82, 2.24) is 5.32 Å². The van der Waals surface area contributed by atoms with Crippen LogP contribution in [0.25, 0.3) is 0 Å². The zero-order chi connectivity index (χ0) is 6.91. The molecule has 2 nitrogen and oxygen atoms in total. The molecule has 2 atom stereocenters. The van der Waals surface area contributed by atoms with Crippen molar-refractivity contribution in [1.29, 1.82) is 0 Å². The van der Waals surface area contributed by atoms with E-state index in [2.05, 4.69) is 19.2 Å². The summed E-state index contributed by atoms with van der Waals surface area (Å²) in [4.78, 5) is 0. The summed E-state index contributed by atoms with van der Waals surface area (Å²) >= 11 is 0. The molecular formula is C7H15NO. The topological polar surface area (TPSA) is 42.2 Å². The van der Waals surface area contributed by atoms with Gasteiger partial charge in [-0.15, -0.1) is 0 Å². The number of aliphatic hydroxyl groups is 1. The van der Waals surface area contributed by atoms with Crippen LogP contribution in [0.3, 0.4) is 0 Å². The quantitative estimate of drug-likeness (QED) is 0.545. The molecule has 0 radical (unpaired) electrons. The van der Waals surface area contributed by atoms with E-state index >= 15 is 0 Å². The lowest BCUT2D eigenvalue weighted by Crippen LogP contribution is -2.28. The summed E-state index contributed by atoms with van der Waals surface area (Å²) in [6, 6.07) is 0. The number of rotatable bonds is 3. The molecule has 1 heterocycles. The molecule has 0 aromatic rings. The van der Waals surface area contributed by atoms with E-state index in [9.17, 15) is 5.11 Å². The van der Waals surface area contributed by atoms with Gasteiger partial charge in [-0.2, -0.15) is 0 Å². The predicted octanol–water partition coefficient (Wildman–Crippen LogP) is 0.509. The third-order valence-corrected chi connectivity index (χ3v) is 2.03. The Labute approximate surface area is 56.3 Å². The summed E-state index contributed by atoms with van der Waals surface area (Å²) < 4.78 is 0. The zero-order valence-electron chi connectivity index (χ0n) is 6.15. The van der Waals surface area contributed by atoms with Crippen molar-refractivity contribution in [3.05, 3.63) is 0 Å². The molecule has 0 unspecified atom stereocenters. The van der Waals surface area contributed by atoms with Crippen LogP contribution in [0.1, 0.15) is 26.7 Å². The van der Waals surface area contributed by atoms with Gasteiger partial charge in [0.15, 0.2) is 0 Å². The molecule has 54 valence electrons. The number of hydrogen-bond acceptors (Lipinski definition) is 2. The predicted molar refractivity (Wildman–Crippen MR) is 37.3 cm³/mol. The highest BCUT2D eigenvalue weighted by atomic mass is 16.3. The molecule has 0 saturated carbocycles. The second-order valence-electron chi connectivity index (χ2n) is 3.08. The average molecular weight is 129 g/mol. The molecular weight excluding hydrogens is 114 g/mol. The van der Waals surface area contributed by atoms with Gasteiger partial charge in [0.1, 0.15) is 0 Å². The van der Waals surface area contributed by atoms with Crippen LogP contribution in [0.5, 0.6) is 0 Å². The molecule has 0 amide bonds.